The number of hydrogen-bond donors (Lipinski definition) is 1. The normalized spacial score (nSPS) is 14.5. The summed E-state index contributed by atoms with van der Waals surface area (Å²) in [5.41, 5.74) is 0.858. The largest absolute Gasteiger partial charge is 0.497 e. The molecular weight excluding hydrogens is 176 g/mol. The van der Waals surface area contributed by atoms with E-state index in [9.17, 15) is 5.11 Å². The minimum Gasteiger partial charge on any atom is -0.497 e. The van der Waals surface area contributed by atoms with Gasteiger partial charge in [0.15, 0.2) is 0 Å². The molecule has 0 saturated heterocycles. The van der Waals surface area contributed by atoms with E-state index >= 15 is 0 Å². The maximum absolute atomic E-state index is 9.88. The zero-order valence-corrected chi connectivity index (χ0v) is 8.60. The smallest absolute Gasteiger partial charge is 0.119 e. The molecule has 0 bridgehead atoms. The van der Waals surface area contributed by atoms with E-state index in [0.717, 1.165) is 11.3 Å². The molecule has 2 nitrogen and oxygen atoms in total. The average Bonchev–Trinajstić information content (AvgIpc) is 2.27. The minimum atomic E-state index is -0.511. The molecule has 1 N–H and O–H groups in total. The molecule has 1 aromatic rings. The van der Waals surface area contributed by atoms with Crippen LogP contribution in [0.1, 0.15) is 18.6 Å². The van der Waals surface area contributed by atoms with E-state index in [2.05, 4.69) is 6.58 Å². The van der Waals surface area contributed by atoms with Crippen LogP contribution in [0.25, 0.3) is 0 Å². The van der Waals surface area contributed by atoms with E-state index < -0.39 is 6.10 Å². The van der Waals surface area contributed by atoms with Crippen LogP contribution in [0.15, 0.2) is 36.9 Å². The van der Waals surface area contributed by atoms with Gasteiger partial charge < -0.3 is 9.84 Å². The summed E-state index contributed by atoms with van der Waals surface area (Å²) < 4.78 is 5.08. The van der Waals surface area contributed by atoms with Gasteiger partial charge in [-0.15, -0.1) is 6.58 Å². The fraction of sp³-hybridized carbons (Fsp3) is 0.333. The Labute approximate surface area is 84.8 Å². The molecule has 2 heteroatoms. The van der Waals surface area contributed by atoms with Crippen molar-refractivity contribution in [3.05, 3.63) is 42.5 Å². The molecule has 0 radical (unpaired) electrons. The van der Waals surface area contributed by atoms with Crippen molar-refractivity contribution in [1.29, 1.82) is 0 Å². The maximum Gasteiger partial charge on any atom is 0.119 e. The van der Waals surface area contributed by atoms with Gasteiger partial charge >= 0.3 is 0 Å². The summed E-state index contributed by atoms with van der Waals surface area (Å²) >= 11 is 0. The molecule has 2 atom stereocenters. The molecule has 0 aliphatic heterocycles. The van der Waals surface area contributed by atoms with Gasteiger partial charge in [0, 0.05) is 5.92 Å². The zero-order chi connectivity index (χ0) is 10.6. The lowest BCUT2D eigenvalue weighted by Gasteiger charge is -2.16. The van der Waals surface area contributed by atoms with E-state index in [1.54, 1.807) is 13.2 Å². The topological polar surface area (TPSA) is 29.5 Å². The van der Waals surface area contributed by atoms with E-state index in [-0.39, 0.29) is 5.92 Å². The Balaban J connectivity index is 2.89. The Morgan fingerprint density at radius 3 is 2.79 bits per heavy atom. The summed E-state index contributed by atoms with van der Waals surface area (Å²) in [6.45, 7) is 5.59. The summed E-state index contributed by atoms with van der Waals surface area (Å²) in [6.07, 6.45) is 1.23. The Morgan fingerprint density at radius 1 is 1.50 bits per heavy atom. The molecule has 0 fully saturated rings. The highest BCUT2D eigenvalue weighted by molar-refractivity contribution is 5.30. The highest BCUT2D eigenvalue weighted by atomic mass is 16.5. The van der Waals surface area contributed by atoms with Crippen LogP contribution in [-0.2, 0) is 0 Å². The third-order valence-corrected chi connectivity index (χ3v) is 2.31. The van der Waals surface area contributed by atoms with Gasteiger partial charge in [0.2, 0.25) is 0 Å². The lowest BCUT2D eigenvalue weighted by Crippen LogP contribution is -2.06. The molecule has 0 amide bonds. The van der Waals surface area contributed by atoms with Crippen LogP contribution in [-0.4, -0.2) is 12.2 Å². The highest BCUT2D eigenvalue weighted by Crippen LogP contribution is 2.25. The number of methoxy groups -OCH3 is 1. The Hall–Kier alpha value is -1.28. The third-order valence-electron chi connectivity index (χ3n) is 2.31. The van der Waals surface area contributed by atoms with E-state index in [1.165, 1.54) is 0 Å². The number of aliphatic hydroxyl groups is 1. The molecule has 0 aliphatic carbocycles. The second-order valence-electron chi connectivity index (χ2n) is 3.32. The lowest BCUT2D eigenvalue weighted by molar-refractivity contribution is 0.139. The number of hydrogen-bond acceptors (Lipinski definition) is 2. The van der Waals surface area contributed by atoms with E-state index in [4.69, 9.17) is 4.74 Å². The van der Waals surface area contributed by atoms with Gasteiger partial charge in [-0.2, -0.15) is 0 Å². The Bertz CT molecular complexity index is 307. The maximum atomic E-state index is 9.88. The number of ether oxygens (including phenoxy) is 1. The van der Waals surface area contributed by atoms with E-state index in [1.807, 2.05) is 31.2 Å². The second-order valence-corrected chi connectivity index (χ2v) is 3.32. The molecule has 14 heavy (non-hydrogen) atoms. The molecule has 0 saturated carbocycles. The van der Waals surface area contributed by atoms with Crippen LogP contribution in [0.3, 0.4) is 0 Å². The van der Waals surface area contributed by atoms with Crippen molar-refractivity contribution in [2.45, 2.75) is 13.0 Å². The van der Waals surface area contributed by atoms with Gasteiger partial charge in [0.05, 0.1) is 13.2 Å². The van der Waals surface area contributed by atoms with E-state index in [0.29, 0.717) is 0 Å². The highest BCUT2D eigenvalue weighted by Gasteiger charge is 2.13. The van der Waals surface area contributed by atoms with Crippen molar-refractivity contribution in [3.63, 3.8) is 0 Å². The van der Waals surface area contributed by atoms with Gasteiger partial charge in [-0.25, -0.2) is 0 Å². The molecule has 0 heterocycles. The number of rotatable bonds is 4. The van der Waals surface area contributed by atoms with Gasteiger partial charge in [0.25, 0.3) is 0 Å². The van der Waals surface area contributed by atoms with Gasteiger partial charge in [-0.05, 0) is 17.7 Å². The van der Waals surface area contributed by atoms with Crippen LogP contribution in [0.2, 0.25) is 0 Å². The first-order valence-electron chi connectivity index (χ1n) is 4.63. The molecule has 0 aliphatic rings. The lowest BCUT2D eigenvalue weighted by atomic mass is 9.97. The summed E-state index contributed by atoms with van der Waals surface area (Å²) in [4.78, 5) is 0. The third kappa shape index (κ3) is 2.36. The fourth-order valence-corrected chi connectivity index (χ4v) is 1.26. The Kier molecular flexibility index (Phi) is 3.72. The molecule has 76 valence electrons. The van der Waals surface area contributed by atoms with Crippen molar-refractivity contribution in [1.82, 2.24) is 0 Å². The molecular formula is C12H16O2. The predicted molar refractivity (Wildman–Crippen MR) is 57.3 cm³/mol. The molecule has 1 rings (SSSR count). The van der Waals surface area contributed by atoms with Gasteiger partial charge in [-0.1, -0.05) is 25.1 Å². The SMILES string of the molecule is C=CC(C)C(O)c1cccc(OC)c1. The standard InChI is InChI=1S/C12H16O2/c1-4-9(2)12(13)10-6-5-7-11(8-10)14-3/h4-9,12-13H,1H2,2-3H3. The van der Waals surface area contributed by atoms with Crippen LogP contribution < -0.4 is 4.74 Å². The molecule has 0 spiro atoms. The average molecular weight is 192 g/mol. The summed E-state index contributed by atoms with van der Waals surface area (Å²) in [7, 11) is 1.61. The quantitative estimate of drug-likeness (QED) is 0.743. The first-order chi connectivity index (χ1) is 6.69. The monoisotopic (exact) mass is 192 g/mol. The number of benzene rings is 1. The first kappa shape index (κ1) is 10.8. The number of aliphatic hydroxyl groups excluding tert-OH is 1. The first-order valence-corrected chi connectivity index (χ1v) is 4.63. The van der Waals surface area contributed by atoms with Crippen molar-refractivity contribution < 1.29 is 9.84 Å². The summed E-state index contributed by atoms with van der Waals surface area (Å²) in [5.74, 6) is 0.805. The molecule has 0 aromatic heterocycles. The van der Waals surface area contributed by atoms with Crippen LogP contribution in [0, 0.1) is 5.92 Å². The van der Waals surface area contributed by atoms with Crippen LogP contribution >= 0.6 is 0 Å². The fourth-order valence-electron chi connectivity index (χ4n) is 1.26. The molecule has 1 aromatic carbocycles. The van der Waals surface area contributed by atoms with Crippen LogP contribution in [0.5, 0.6) is 5.75 Å². The molecule has 2 unspecified atom stereocenters. The van der Waals surface area contributed by atoms with Crippen molar-refractivity contribution >= 4 is 0 Å². The van der Waals surface area contributed by atoms with Gasteiger partial charge in [-0.3, -0.25) is 0 Å². The summed E-state index contributed by atoms with van der Waals surface area (Å²) in [6, 6.07) is 7.44. The Morgan fingerprint density at radius 2 is 2.21 bits per heavy atom. The zero-order valence-electron chi connectivity index (χ0n) is 8.60. The van der Waals surface area contributed by atoms with Crippen molar-refractivity contribution in [2.75, 3.05) is 7.11 Å². The predicted octanol–water partition coefficient (Wildman–Crippen LogP) is 2.55. The van der Waals surface area contributed by atoms with Crippen molar-refractivity contribution in [2.24, 2.45) is 5.92 Å². The van der Waals surface area contributed by atoms with Crippen LogP contribution in [0.4, 0.5) is 0 Å². The van der Waals surface area contributed by atoms with Crippen molar-refractivity contribution in [3.8, 4) is 5.75 Å². The summed E-state index contributed by atoms with van der Waals surface area (Å²) in [5, 5.41) is 9.88. The second kappa shape index (κ2) is 4.82. The van der Waals surface area contributed by atoms with Gasteiger partial charge in [0.1, 0.15) is 5.75 Å². The minimum absolute atomic E-state index is 0.0436.